The molecule has 0 saturated carbocycles. The van der Waals surface area contributed by atoms with Crippen molar-refractivity contribution < 1.29 is 43.5 Å². The van der Waals surface area contributed by atoms with Crippen LogP contribution in [-0.4, -0.2) is 81.3 Å². The Labute approximate surface area is 133 Å². The van der Waals surface area contributed by atoms with E-state index in [0.717, 1.165) is 6.92 Å². The monoisotopic (exact) mass is 354 g/mol. The van der Waals surface area contributed by atoms with E-state index < -0.39 is 60.9 Å². The molecule has 3 unspecified atom stereocenters. The van der Waals surface area contributed by atoms with Gasteiger partial charge in [-0.05, 0) is 5.53 Å². The molecule has 24 heavy (non-hydrogen) atoms. The highest BCUT2D eigenvalue weighted by Crippen LogP contribution is 2.37. The Hall–Kier alpha value is -2.05. The van der Waals surface area contributed by atoms with Crippen molar-refractivity contribution in [3.63, 3.8) is 0 Å². The Kier molecular flexibility index (Phi) is 6.40. The van der Waals surface area contributed by atoms with E-state index >= 15 is 0 Å². The average Bonchev–Trinajstić information content (AvgIpc) is 2.52. The van der Waals surface area contributed by atoms with Crippen molar-refractivity contribution >= 4 is 11.9 Å². The number of carbonyl (C=O) groups is 2. The van der Waals surface area contributed by atoms with Crippen molar-refractivity contribution in [3.8, 4) is 0 Å². The van der Waals surface area contributed by atoms with Crippen molar-refractivity contribution in [2.45, 2.75) is 49.3 Å². The van der Waals surface area contributed by atoms with Crippen LogP contribution < -0.4 is 5.32 Å². The van der Waals surface area contributed by atoms with E-state index in [1.54, 1.807) is 0 Å². The number of hydrogen-bond acceptors (Lipinski definition) is 7. The minimum Gasteiger partial charge on any atom is -0.477 e. The molecule has 1 aliphatic rings. The van der Waals surface area contributed by atoms with Crippen LogP contribution in [0.5, 0.6) is 0 Å². The van der Waals surface area contributed by atoms with Gasteiger partial charge in [-0.1, -0.05) is 5.11 Å². The van der Waals surface area contributed by atoms with Crippen LogP contribution >= 0.6 is 0 Å². The Balaban J connectivity index is 3.39. The molecule has 0 bridgehead atoms. The maximum absolute atomic E-state index is 14.4. The van der Waals surface area contributed by atoms with Crippen LogP contribution in [0.25, 0.3) is 10.4 Å². The second-order valence-corrected chi connectivity index (χ2v) is 5.10. The van der Waals surface area contributed by atoms with Crippen LogP contribution in [0.3, 0.4) is 0 Å². The SMILES string of the molecule is CC(=O)N[C@@H]1C(N=[N+]=[N-])C(F)[C@](F)(C(=O)O)OC1[C@H](O)[C@H](O)CO. The number of carboxylic acids is 1. The number of nitrogens with zero attached hydrogens (tertiary/aromatic N) is 3. The quantitative estimate of drug-likeness (QED) is 0.215. The molecule has 13 heteroatoms. The Morgan fingerprint density at radius 1 is 1.50 bits per heavy atom. The third-order valence-electron chi connectivity index (χ3n) is 3.45. The number of halogens is 2. The van der Waals surface area contributed by atoms with Gasteiger partial charge in [-0.15, -0.1) is 0 Å². The molecule has 1 aliphatic heterocycles. The number of carboxylic acid groups (broad SMARTS) is 1. The van der Waals surface area contributed by atoms with Gasteiger partial charge in [-0.2, -0.15) is 4.39 Å². The summed E-state index contributed by atoms with van der Waals surface area (Å²) in [6.07, 6.45) is -9.09. The fourth-order valence-corrected chi connectivity index (χ4v) is 2.30. The first-order chi connectivity index (χ1) is 11.1. The predicted octanol–water partition coefficient (Wildman–Crippen LogP) is -1.63. The number of aliphatic hydroxyl groups is 3. The molecule has 0 aromatic carbocycles. The Morgan fingerprint density at radius 2 is 2.08 bits per heavy atom. The molecule has 1 saturated heterocycles. The predicted molar refractivity (Wildman–Crippen MR) is 70.9 cm³/mol. The summed E-state index contributed by atoms with van der Waals surface area (Å²) in [4.78, 5) is 24.5. The number of azide groups is 1. The van der Waals surface area contributed by atoms with Gasteiger partial charge < -0.3 is 30.5 Å². The maximum Gasteiger partial charge on any atom is 0.372 e. The molecule has 0 spiro atoms. The number of carbonyl (C=O) groups excluding carboxylic acids is 1. The van der Waals surface area contributed by atoms with Crippen molar-refractivity contribution in [2.24, 2.45) is 5.11 Å². The molecule has 1 fully saturated rings. The fourth-order valence-electron chi connectivity index (χ4n) is 2.30. The second kappa shape index (κ2) is 7.68. The standard InChI is InChI=1S/C11H16F2N4O7/c1-3(19)15-5-6(16-17-14)9(12)11(13,10(22)23)24-8(5)7(21)4(20)2-18/h4-9,18,20-21H,2H2,1H3,(H,15,19)(H,22,23)/t4-,5-,6?,7-,8?,9?,11-/m1/s1. The summed E-state index contributed by atoms with van der Waals surface area (Å²) < 4.78 is 33.1. The molecular formula is C11H16F2N4O7. The lowest BCUT2D eigenvalue weighted by atomic mass is 9.86. The van der Waals surface area contributed by atoms with Gasteiger partial charge in [-0.25, -0.2) is 9.18 Å². The van der Waals surface area contributed by atoms with E-state index in [2.05, 4.69) is 20.1 Å². The molecule has 0 aliphatic carbocycles. The summed E-state index contributed by atoms with van der Waals surface area (Å²) >= 11 is 0. The molecule has 0 aromatic heterocycles. The zero-order chi connectivity index (χ0) is 18.7. The van der Waals surface area contributed by atoms with Gasteiger partial charge in [0.2, 0.25) is 5.91 Å². The minimum atomic E-state index is -4.01. The summed E-state index contributed by atoms with van der Waals surface area (Å²) in [5, 5.41) is 42.1. The van der Waals surface area contributed by atoms with Crippen molar-refractivity contribution in [1.29, 1.82) is 0 Å². The topological polar surface area (TPSA) is 185 Å². The van der Waals surface area contributed by atoms with Gasteiger partial charge in [0.05, 0.1) is 18.7 Å². The summed E-state index contributed by atoms with van der Waals surface area (Å²) in [6.45, 7) is -0.0494. The third-order valence-corrected chi connectivity index (χ3v) is 3.45. The lowest BCUT2D eigenvalue weighted by Crippen LogP contribution is -2.70. The van der Waals surface area contributed by atoms with Gasteiger partial charge in [0.1, 0.15) is 18.3 Å². The first-order valence-electron chi connectivity index (χ1n) is 6.62. The zero-order valence-electron chi connectivity index (χ0n) is 12.3. The number of amides is 1. The molecule has 7 atom stereocenters. The smallest absolute Gasteiger partial charge is 0.372 e. The number of alkyl halides is 2. The molecular weight excluding hydrogens is 338 g/mol. The summed E-state index contributed by atoms with van der Waals surface area (Å²) in [5.41, 5.74) is 8.49. The van der Waals surface area contributed by atoms with Crippen LogP contribution in [-0.2, 0) is 14.3 Å². The van der Waals surface area contributed by atoms with E-state index in [1.807, 2.05) is 0 Å². The first-order valence-corrected chi connectivity index (χ1v) is 6.62. The number of ether oxygens (including phenoxy) is 1. The van der Waals surface area contributed by atoms with E-state index in [1.165, 1.54) is 0 Å². The molecule has 11 nitrogen and oxygen atoms in total. The summed E-state index contributed by atoms with van der Waals surface area (Å²) in [6, 6.07) is -3.80. The number of rotatable bonds is 6. The van der Waals surface area contributed by atoms with Crippen LogP contribution in [0.2, 0.25) is 0 Å². The van der Waals surface area contributed by atoms with E-state index in [0.29, 0.717) is 0 Å². The fraction of sp³-hybridized carbons (Fsp3) is 0.818. The van der Waals surface area contributed by atoms with Crippen LogP contribution in [0, 0.1) is 0 Å². The van der Waals surface area contributed by atoms with Crippen molar-refractivity contribution in [2.75, 3.05) is 6.61 Å². The van der Waals surface area contributed by atoms with Crippen LogP contribution in [0.15, 0.2) is 5.11 Å². The third kappa shape index (κ3) is 3.71. The Morgan fingerprint density at radius 3 is 2.50 bits per heavy atom. The molecule has 1 heterocycles. The van der Waals surface area contributed by atoms with Gasteiger partial charge in [0.25, 0.3) is 0 Å². The normalized spacial score (nSPS) is 35.4. The van der Waals surface area contributed by atoms with Crippen molar-refractivity contribution in [3.05, 3.63) is 10.4 Å². The molecule has 0 radical (unpaired) electrons. The molecule has 0 aromatic rings. The highest BCUT2D eigenvalue weighted by atomic mass is 19.2. The number of hydrogen-bond donors (Lipinski definition) is 5. The highest BCUT2D eigenvalue weighted by Gasteiger charge is 2.62. The largest absolute Gasteiger partial charge is 0.477 e. The van der Waals surface area contributed by atoms with Gasteiger partial charge in [-0.3, -0.25) is 4.79 Å². The van der Waals surface area contributed by atoms with E-state index in [9.17, 15) is 28.6 Å². The lowest BCUT2D eigenvalue weighted by Gasteiger charge is -2.45. The van der Waals surface area contributed by atoms with E-state index in [-0.39, 0.29) is 0 Å². The van der Waals surface area contributed by atoms with Gasteiger partial charge in [0, 0.05) is 11.8 Å². The van der Waals surface area contributed by atoms with Gasteiger partial charge >= 0.3 is 11.8 Å². The number of nitrogens with one attached hydrogen (secondary N) is 1. The number of aliphatic hydroxyl groups excluding tert-OH is 3. The van der Waals surface area contributed by atoms with Crippen molar-refractivity contribution in [1.82, 2.24) is 5.32 Å². The molecule has 5 N–H and O–H groups in total. The van der Waals surface area contributed by atoms with Crippen LogP contribution in [0.1, 0.15) is 6.92 Å². The zero-order valence-corrected chi connectivity index (χ0v) is 12.3. The lowest BCUT2D eigenvalue weighted by molar-refractivity contribution is -0.276. The molecule has 1 amide bonds. The average molecular weight is 354 g/mol. The first kappa shape index (κ1) is 20.0. The second-order valence-electron chi connectivity index (χ2n) is 5.10. The minimum absolute atomic E-state index is 0.814. The Bertz CT molecular complexity index is 546. The van der Waals surface area contributed by atoms with Gasteiger partial charge in [0.15, 0.2) is 6.17 Å². The maximum atomic E-state index is 14.4. The summed E-state index contributed by atoms with van der Waals surface area (Å²) in [5.74, 6) is -7.22. The van der Waals surface area contributed by atoms with E-state index in [4.69, 9.17) is 15.7 Å². The highest BCUT2D eigenvalue weighted by molar-refractivity contribution is 5.77. The summed E-state index contributed by atoms with van der Waals surface area (Å²) in [7, 11) is 0. The molecule has 1 rings (SSSR count). The number of aliphatic carboxylic acids is 1. The molecule has 136 valence electrons. The van der Waals surface area contributed by atoms with Crippen LogP contribution in [0.4, 0.5) is 8.78 Å².